The lowest BCUT2D eigenvalue weighted by atomic mass is 9.82. The number of piperidine rings is 1. The summed E-state index contributed by atoms with van der Waals surface area (Å²) in [5.74, 6) is -0.579. The highest BCUT2D eigenvalue weighted by Crippen LogP contribution is 2.41. The molecule has 4 rings (SSSR count). The fraction of sp³-hybridized carbons (Fsp3) is 0.615. The van der Waals surface area contributed by atoms with E-state index in [1.165, 1.54) is 27.0 Å². The summed E-state index contributed by atoms with van der Waals surface area (Å²) in [6, 6.07) is 3.25. The Morgan fingerprint density at radius 3 is 2.25 bits per heavy atom. The monoisotopic (exact) mass is 552 g/mol. The van der Waals surface area contributed by atoms with Crippen LogP contribution in [0.25, 0.3) is 0 Å². The third-order valence-corrected chi connectivity index (χ3v) is 11.7. The molecule has 1 N–H and O–H groups in total. The van der Waals surface area contributed by atoms with Crippen LogP contribution in [0.15, 0.2) is 27.8 Å². The van der Waals surface area contributed by atoms with E-state index in [0.29, 0.717) is 42.4 Å². The Morgan fingerprint density at radius 1 is 1.08 bits per heavy atom. The summed E-state index contributed by atoms with van der Waals surface area (Å²) < 4.78 is 27.6. The van der Waals surface area contributed by atoms with Crippen LogP contribution in [-0.2, 0) is 20.2 Å². The third kappa shape index (κ3) is 5.56. The number of carboxylic acids is 1. The smallest absolute Gasteiger partial charge is 0.348 e. The number of nitrogens with zero attached hydrogens (tertiary/aromatic N) is 2. The van der Waals surface area contributed by atoms with E-state index in [1.54, 1.807) is 21.7 Å². The molecule has 1 saturated heterocycles. The van der Waals surface area contributed by atoms with Gasteiger partial charge in [0.25, 0.3) is 0 Å². The standard InChI is InChI=1S/C26H36N2O5S3/c1-17-5-7-18(8-6-17)24(29)28(21-15-22(26(2,3)4)35-23(21)25(30)31)19-9-12-27(13-10-19)36(32,33)20-11-14-34-16-20/h11,14-19H,5-10,12-13H2,1-4H3,(H,30,31). The van der Waals surface area contributed by atoms with Crippen molar-refractivity contribution in [3.63, 3.8) is 0 Å². The number of carbonyl (C=O) groups excluding carboxylic acids is 1. The molecule has 2 aromatic rings. The van der Waals surface area contributed by atoms with Crippen LogP contribution in [0.2, 0.25) is 0 Å². The van der Waals surface area contributed by atoms with Crippen molar-refractivity contribution in [1.29, 1.82) is 0 Å². The first-order valence-corrected chi connectivity index (χ1v) is 15.8. The van der Waals surface area contributed by atoms with Gasteiger partial charge in [0.1, 0.15) is 4.88 Å². The fourth-order valence-electron chi connectivity index (χ4n) is 5.17. The third-order valence-electron chi connectivity index (χ3n) is 7.43. The van der Waals surface area contributed by atoms with Gasteiger partial charge in [-0.3, -0.25) is 4.79 Å². The summed E-state index contributed by atoms with van der Waals surface area (Å²) in [5, 5.41) is 13.4. The van der Waals surface area contributed by atoms with Crippen LogP contribution in [0, 0.1) is 11.8 Å². The van der Waals surface area contributed by atoms with Gasteiger partial charge in [-0.05, 0) is 67.4 Å². The maximum atomic E-state index is 14.0. The predicted octanol–water partition coefficient (Wildman–Crippen LogP) is 5.82. The van der Waals surface area contributed by atoms with Crippen molar-refractivity contribution in [3.8, 4) is 0 Å². The summed E-state index contributed by atoms with van der Waals surface area (Å²) in [4.78, 5) is 29.4. The SMILES string of the molecule is CC1CCC(C(=O)N(c2cc(C(C)(C)C)sc2C(=O)O)C2CCN(S(=O)(=O)c3ccsc3)CC2)CC1. The van der Waals surface area contributed by atoms with Crippen LogP contribution in [0.4, 0.5) is 5.69 Å². The molecule has 0 atom stereocenters. The molecule has 0 spiro atoms. The molecular weight excluding hydrogens is 516 g/mol. The van der Waals surface area contributed by atoms with Gasteiger partial charge < -0.3 is 10.0 Å². The van der Waals surface area contributed by atoms with E-state index in [0.717, 1.165) is 30.6 Å². The molecule has 0 unspecified atom stereocenters. The normalized spacial score (nSPS) is 22.4. The number of thiophene rings is 2. The molecule has 198 valence electrons. The topological polar surface area (TPSA) is 95.0 Å². The van der Waals surface area contributed by atoms with E-state index in [9.17, 15) is 23.1 Å². The second kappa shape index (κ2) is 10.6. The maximum Gasteiger partial charge on any atom is 0.348 e. The van der Waals surface area contributed by atoms with Gasteiger partial charge in [-0.1, -0.05) is 27.7 Å². The van der Waals surface area contributed by atoms with Gasteiger partial charge in [0.2, 0.25) is 15.9 Å². The predicted molar refractivity (Wildman–Crippen MR) is 145 cm³/mol. The van der Waals surface area contributed by atoms with Gasteiger partial charge >= 0.3 is 5.97 Å². The van der Waals surface area contributed by atoms with Crippen LogP contribution in [0.3, 0.4) is 0 Å². The zero-order valence-electron chi connectivity index (χ0n) is 21.4. The summed E-state index contributed by atoms with van der Waals surface area (Å²) >= 11 is 2.58. The van der Waals surface area contributed by atoms with E-state index in [-0.39, 0.29) is 28.2 Å². The number of hydrogen-bond donors (Lipinski definition) is 1. The minimum atomic E-state index is -3.57. The van der Waals surface area contributed by atoms with Crippen LogP contribution in [0.5, 0.6) is 0 Å². The van der Waals surface area contributed by atoms with E-state index in [2.05, 4.69) is 6.92 Å². The number of carboxylic acid groups (broad SMARTS) is 1. The first-order valence-electron chi connectivity index (χ1n) is 12.6. The van der Waals surface area contributed by atoms with Crippen molar-refractivity contribution in [2.75, 3.05) is 18.0 Å². The molecule has 2 aliphatic rings. The number of rotatable bonds is 6. The molecule has 7 nitrogen and oxygen atoms in total. The van der Waals surface area contributed by atoms with E-state index in [4.69, 9.17) is 0 Å². The molecule has 0 bridgehead atoms. The van der Waals surface area contributed by atoms with E-state index >= 15 is 0 Å². The van der Waals surface area contributed by atoms with Crippen LogP contribution in [-0.4, -0.2) is 48.8 Å². The van der Waals surface area contributed by atoms with Crippen LogP contribution < -0.4 is 4.90 Å². The number of anilines is 1. The average molecular weight is 553 g/mol. The molecule has 36 heavy (non-hydrogen) atoms. The largest absolute Gasteiger partial charge is 0.477 e. The maximum absolute atomic E-state index is 14.0. The van der Waals surface area contributed by atoms with Gasteiger partial charge in [-0.2, -0.15) is 15.6 Å². The van der Waals surface area contributed by atoms with Crippen LogP contribution >= 0.6 is 22.7 Å². The Balaban J connectivity index is 1.66. The highest BCUT2D eigenvalue weighted by atomic mass is 32.2. The van der Waals surface area contributed by atoms with Gasteiger partial charge in [-0.15, -0.1) is 11.3 Å². The number of sulfonamides is 1. The van der Waals surface area contributed by atoms with Crippen LogP contribution in [0.1, 0.15) is 80.8 Å². The van der Waals surface area contributed by atoms with Crippen molar-refractivity contribution >= 4 is 50.3 Å². The zero-order valence-corrected chi connectivity index (χ0v) is 23.8. The zero-order chi connectivity index (χ0) is 26.3. The van der Waals surface area contributed by atoms with Gasteiger partial charge in [0, 0.05) is 35.3 Å². The second-order valence-electron chi connectivity index (χ2n) is 11.1. The lowest BCUT2D eigenvalue weighted by molar-refractivity contribution is -0.124. The highest BCUT2D eigenvalue weighted by Gasteiger charge is 2.39. The van der Waals surface area contributed by atoms with Gasteiger partial charge in [-0.25, -0.2) is 13.2 Å². The van der Waals surface area contributed by atoms with Crippen molar-refractivity contribution in [1.82, 2.24) is 4.31 Å². The Hall–Kier alpha value is -1.75. The van der Waals surface area contributed by atoms with Crippen molar-refractivity contribution in [2.24, 2.45) is 11.8 Å². The quantitative estimate of drug-likeness (QED) is 0.487. The fourth-order valence-corrected chi connectivity index (χ4v) is 8.70. The molecule has 2 fully saturated rings. The molecule has 0 aromatic carbocycles. The summed E-state index contributed by atoms with van der Waals surface area (Å²) in [7, 11) is -3.57. The molecular formula is C26H36N2O5S3. The number of amides is 1. The average Bonchev–Trinajstić information content (AvgIpc) is 3.51. The van der Waals surface area contributed by atoms with Gasteiger partial charge in [0.05, 0.1) is 10.6 Å². The van der Waals surface area contributed by atoms with Crippen molar-refractivity contribution < 1.29 is 23.1 Å². The summed E-state index contributed by atoms with van der Waals surface area (Å²) in [6.45, 7) is 8.92. The van der Waals surface area contributed by atoms with E-state index < -0.39 is 16.0 Å². The molecule has 0 radical (unpaired) electrons. The first-order chi connectivity index (χ1) is 16.9. The Kier molecular flexibility index (Phi) is 8.00. The number of carbonyl (C=O) groups is 2. The Labute approximate surface area is 222 Å². The molecule has 2 aromatic heterocycles. The minimum absolute atomic E-state index is 0.0122. The molecule has 3 heterocycles. The second-order valence-corrected chi connectivity index (χ2v) is 14.9. The highest BCUT2D eigenvalue weighted by molar-refractivity contribution is 7.89. The first kappa shape index (κ1) is 27.3. The molecule has 1 amide bonds. The van der Waals surface area contributed by atoms with Gasteiger partial charge in [0.15, 0.2) is 0 Å². The lowest BCUT2D eigenvalue weighted by Crippen LogP contribution is -2.51. The molecule has 1 aliphatic carbocycles. The Morgan fingerprint density at radius 2 is 1.72 bits per heavy atom. The number of aromatic carboxylic acids is 1. The lowest BCUT2D eigenvalue weighted by Gasteiger charge is -2.40. The summed E-state index contributed by atoms with van der Waals surface area (Å²) in [6.07, 6.45) is 4.53. The van der Waals surface area contributed by atoms with Crippen molar-refractivity contribution in [3.05, 3.63) is 32.6 Å². The summed E-state index contributed by atoms with van der Waals surface area (Å²) in [5.41, 5.74) is 0.222. The molecule has 10 heteroatoms. The minimum Gasteiger partial charge on any atom is -0.477 e. The van der Waals surface area contributed by atoms with Crippen molar-refractivity contribution in [2.45, 2.75) is 82.6 Å². The molecule has 1 aliphatic heterocycles. The number of hydrogen-bond acceptors (Lipinski definition) is 6. The molecule has 1 saturated carbocycles. The Bertz CT molecular complexity index is 1180. The van der Waals surface area contributed by atoms with E-state index in [1.807, 2.05) is 26.8 Å².